The highest BCUT2D eigenvalue weighted by molar-refractivity contribution is 9.10. The monoisotopic (exact) mass is 349 g/mol. The molecule has 2 aromatic rings. The first kappa shape index (κ1) is 15.5. The van der Waals surface area contributed by atoms with Crippen molar-refractivity contribution in [2.24, 2.45) is 0 Å². The minimum atomic E-state index is -0.189. The molecule has 2 rings (SSSR count). The van der Waals surface area contributed by atoms with Gasteiger partial charge in [0.05, 0.1) is 5.56 Å². The molecule has 0 bridgehead atoms. The van der Waals surface area contributed by atoms with Crippen molar-refractivity contribution in [3.05, 3.63) is 64.1 Å². The van der Waals surface area contributed by atoms with Crippen molar-refractivity contribution in [1.82, 2.24) is 5.32 Å². The number of halogens is 1. The summed E-state index contributed by atoms with van der Waals surface area (Å²) in [7, 11) is 1.54. The summed E-state index contributed by atoms with van der Waals surface area (Å²) in [5, 5.41) is 2.88. The molecule has 0 aliphatic rings. The van der Waals surface area contributed by atoms with Gasteiger partial charge in [0, 0.05) is 18.1 Å². The number of carbonyl (C=O) groups is 1. The molecule has 21 heavy (non-hydrogen) atoms. The van der Waals surface area contributed by atoms with Crippen molar-refractivity contribution in [3.8, 4) is 5.75 Å². The van der Waals surface area contributed by atoms with E-state index in [1.165, 1.54) is 7.11 Å². The summed E-state index contributed by atoms with van der Waals surface area (Å²) in [5.41, 5.74) is 1.51. The highest BCUT2D eigenvalue weighted by atomic mass is 79.9. The normalized spacial score (nSPS) is 10.2. The number of carbonyl (C=O) groups excluding carboxylic acids is 1. The Labute approximate surface area is 132 Å². The van der Waals surface area contributed by atoms with Crippen LogP contribution < -0.4 is 10.1 Å². The average molecular weight is 350 g/mol. The van der Waals surface area contributed by atoms with Gasteiger partial charge in [-0.15, -0.1) is 0 Å². The van der Waals surface area contributed by atoms with Crippen LogP contribution in [0.15, 0.2) is 53.0 Å². The summed E-state index contributed by atoms with van der Waals surface area (Å²) in [6.45, 7) is 0.566. The van der Waals surface area contributed by atoms with Gasteiger partial charge in [-0.2, -0.15) is 0 Å². The summed E-state index contributed by atoms with van der Waals surface area (Å²) in [4.78, 5) is 12.3. The van der Waals surface area contributed by atoms with Crippen LogP contribution in [0, 0.1) is 0 Å². The van der Waals surface area contributed by atoms with E-state index in [-0.39, 0.29) is 12.7 Å². The standard InChI is InChI=1S/C16H16BrNO3/c1-20-11-21-15-8-7-13(17)9-14(15)16(19)18-10-12-5-3-2-4-6-12/h2-9H,10-11H2,1H3,(H,18,19). The van der Waals surface area contributed by atoms with E-state index in [9.17, 15) is 4.79 Å². The molecule has 0 radical (unpaired) electrons. The fourth-order valence-electron chi connectivity index (χ4n) is 1.80. The summed E-state index contributed by atoms with van der Waals surface area (Å²) in [6.07, 6.45) is 0. The van der Waals surface area contributed by atoms with Crippen LogP contribution in [-0.4, -0.2) is 19.8 Å². The SMILES string of the molecule is COCOc1ccc(Br)cc1C(=O)NCc1ccccc1. The maximum Gasteiger partial charge on any atom is 0.255 e. The van der Waals surface area contributed by atoms with E-state index in [2.05, 4.69) is 21.2 Å². The zero-order valence-corrected chi connectivity index (χ0v) is 13.2. The van der Waals surface area contributed by atoms with Gasteiger partial charge in [0.15, 0.2) is 6.79 Å². The molecule has 0 spiro atoms. The zero-order chi connectivity index (χ0) is 15.1. The van der Waals surface area contributed by atoms with Crippen LogP contribution in [0.5, 0.6) is 5.75 Å². The third kappa shape index (κ3) is 4.58. The van der Waals surface area contributed by atoms with E-state index >= 15 is 0 Å². The van der Waals surface area contributed by atoms with Gasteiger partial charge in [-0.05, 0) is 23.8 Å². The van der Waals surface area contributed by atoms with Crippen molar-refractivity contribution in [2.75, 3.05) is 13.9 Å². The van der Waals surface area contributed by atoms with Gasteiger partial charge in [-0.1, -0.05) is 46.3 Å². The van der Waals surface area contributed by atoms with Gasteiger partial charge in [0.25, 0.3) is 5.91 Å². The molecule has 0 aliphatic heterocycles. The van der Waals surface area contributed by atoms with Crippen LogP contribution in [0.1, 0.15) is 15.9 Å². The predicted molar refractivity (Wildman–Crippen MR) is 84.3 cm³/mol. The minimum absolute atomic E-state index is 0.0978. The van der Waals surface area contributed by atoms with Crippen molar-refractivity contribution in [2.45, 2.75) is 6.54 Å². The van der Waals surface area contributed by atoms with Gasteiger partial charge in [-0.25, -0.2) is 0 Å². The maximum absolute atomic E-state index is 12.3. The highest BCUT2D eigenvalue weighted by Crippen LogP contribution is 2.23. The summed E-state index contributed by atoms with van der Waals surface area (Å²) in [5.74, 6) is 0.303. The molecule has 110 valence electrons. The Morgan fingerprint density at radius 3 is 2.67 bits per heavy atom. The second kappa shape index (κ2) is 7.81. The van der Waals surface area contributed by atoms with Crippen LogP contribution in [-0.2, 0) is 11.3 Å². The molecule has 0 aliphatic carbocycles. The molecule has 1 amide bonds. The average Bonchev–Trinajstić information content (AvgIpc) is 2.52. The Bertz CT molecular complexity index is 602. The largest absolute Gasteiger partial charge is 0.467 e. The molecular formula is C16H16BrNO3. The fourth-order valence-corrected chi connectivity index (χ4v) is 2.16. The van der Waals surface area contributed by atoms with E-state index < -0.39 is 0 Å². The first-order chi connectivity index (χ1) is 10.2. The third-order valence-electron chi connectivity index (χ3n) is 2.81. The molecule has 0 saturated carbocycles. The molecule has 0 unspecified atom stereocenters. The molecule has 0 saturated heterocycles. The molecule has 0 fully saturated rings. The second-order valence-electron chi connectivity index (χ2n) is 4.36. The number of benzene rings is 2. The lowest BCUT2D eigenvalue weighted by molar-refractivity contribution is 0.0501. The van der Waals surface area contributed by atoms with E-state index in [1.807, 2.05) is 36.4 Å². The molecule has 0 aromatic heterocycles. The quantitative estimate of drug-likeness (QED) is 0.813. The molecule has 5 heteroatoms. The van der Waals surface area contributed by atoms with Gasteiger partial charge in [-0.3, -0.25) is 4.79 Å². The Balaban J connectivity index is 2.08. The predicted octanol–water partition coefficient (Wildman–Crippen LogP) is 3.36. The van der Waals surface area contributed by atoms with Crippen LogP contribution in [0.2, 0.25) is 0 Å². The van der Waals surface area contributed by atoms with E-state index in [0.717, 1.165) is 10.0 Å². The number of nitrogens with one attached hydrogen (secondary N) is 1. The van der Waals surface area contributed by atoms with E-state index in [4.69, 9.17) is 9.47 Å². The molecule has 4 nitrogen and oxygen atoms in total. The van der Waals surface area contributed by atoms with Crippen molar-refractivity contribution >= 4 is 21.8 Å². The Morgan fingerprint density at radius 2 is 1.95 bits per heavy atom. The van der Waals surface area contributed by atoms with Crippen molar-refractivity contribution < 1.29 is 14.3 Å². The van der Waals surface area contributed by atoms with E-state index in [1.54, 1.807) is 12.1 Å². The fraction of sp³-hybridized carbons (Fsp3) is 0.188. The smallest absolute Gasteiger partial charge is 0.255 e. The summed E-state index contributed by atoms with van der Waals surface area (Å²) < 4.78 is 11.1. The van der Waals surface area contributed by atoms with Crippen LogP contribution >= 0.6 is 15.9 Å². The first-order valence-electron chi connectivity index (χ1n) is 6.44. The highest BCUT2D eigenvalue weighted by Gasteiger charge is 2.13. The number of rotatable bonds is 6. The van der Waals surface area contributed by atoms with Crippen molar-refractivity contribution in [3.63, 3.8) is 0 Å². The summed E-state index contributed by atoms with van der Waals surface area (Å²) in [6, 6.07) is 15.0. The van der Waals surface area contributed by atoms with Crippen LogP contribution in [0.4, 0.5) is 0 Å². The number of methoxy groups -OCH3 is 1. The van der Waals surface area contributed by atoms with Gasteiger partial charge in [0.2, 0.25) is 0 Å². The van der Waals surface area contributed by atoms with Crippen LogP contribution in [0.3, 0.4) is 0 Å². The molecule has 1 N–H and O–H groups in total. The molecule has 2 aromatic carbocycles. The lowest BCUT2D eigenvalue weighted by atomic mass is 10.1. The Morgan fingerprint density at radius 1 is 1.19 bits per heavy atom. The van der Waals surface area contributed by atoms with Gasteiger partial charge >= 0.3 is 0 Å². The number of hydrogen-bond donors (Lipinski definition) is 1. The van der Waals surface area contributed by atoms with Gasteiger partial charge < -0.3 is 14.8 Å². The number of ether oxygens (including phenoxy) is 2. The Kier molecular flexibility index (Phi) is 5.78. The van der Waals surface area contributed by atoms with Crippen molar-refractivity contribution in [1.29, 1.82) is 0 Å². The lowest BCUT2D eigenvalue weighted by Gasteiger charge is -2.11. The second-order valence-corrected chi connectivity index (χ2v) is 5.28. The first-order valence-corrected chi connectivity index (χ1v) is 7.23. The topological polar surface area (TPSA) is 47.6 Å². The molecule has 0 heterocycles. The third-order valence-corrected chi connectivity index (χ3v) is 3.31. The van der Waals surface area contributed by atoms with Gasteiger partial charge in [0.1, 0.15) is 5.75 Å². The van der Waals surface area contributed by atoms with Crippen LogP contribution in [0.25, 0.3) is 0 Å². The lowest BCUT2D eigenvalue weighted by Crippen LogP contribution is -2.23. The minimum Gasteiger partial charge on any atom is -0.467 e. The zero-order valence-electron chi connectivity index (χ0n) is 11.6. The molecular weight excluding hydrogens is 334 g/mol. The number of hydrogen-bond acceptors (Lipinski definition) is 3. The Hall–Kier alpha value is -1.85. The number of amides is 1. The molecule has 0 atom stereocenters. The van der Waals surface area contributed by atoms with E-state index in [0.29, 0.717) is 17.9 Å². The summed E-state index contributed by atoms with van der Waals surface area (Å²) >= 11 is 3.36. The maximum atomic E-state index is 12.3.